The van der Waals surface area contributed by atoms with E-state index >= 15 is 0 Å². The minimum absolute atomic E-state index is 0.674. The van der Waals surface area contributed by atoms with Gasteiger partial charge in [-0.15, -0.1) is 0 Å². The molecule has 2 atom stereocenters. The summed E-state index contributed by atoms with van der Waals surface area (Å²) >= 11 is 3.74. The van der Waals surface area contributed by atoms with Gasteiger partial charge >= 0.3 is 0 Å². The van der Waals surface area contributed by atoms with Crippen LogP contribution >= 0.6 is 15.9 Å². The lowest BCUT2D eigenvalue weighted by molar-refractivity contribution is 0.346. The first-order chi connectivity index (χ1) is 7.09. The maximum absolute atomic E-state index is 3.74. The molecule has 0 saturated carbocycles. The predicted molar refractivity (Wildman–Crippen MR) is 74.7 cm³/mol. The fourth-order valence-corrected chi connectivity index (χ4v) is 3.13. The minimum Gasteiger partial charge on any atom is -0.0891 e. The SMILES string of the molecule is CCCCCCCCC(C(C)C)C(C)Br. The molecule has 0 saturated heterocycles. The molecule has 0 radical (unpaired) electrons. The zero-order valence-corrected chi connectivity index (χ0v) is 12.6. The van der Waals surface area contributed by atoms with Crippen LogP contribution in [0.15, 0.2) is 0 Å². The van der Waals surface area contributed by atoms with E-state index in [-0.39, 0.29) is 0 Å². The van der Waals surface area contributed by atoms with Crippen molar-refractivity contribution in [3.63, 3.8) is 0 Å². The van der Waals surface area contributed by atoms with E-state index in [4.69, 9.17) is 0 Å². The zero-order valence-electron chi connectivity index (χ0n) is 11.1. The Hall–Kier alpha value is 0.480. The van der Waals surface area contributed by atoms with E-state index in [1.165, 1.54) is 44.9 Å². The van der Waals surface area contributed by atoms with Crippen LogP contribution in [0, 0.1) is 11.8 Å². The Kier molecular flexibility index (Phi) is 10.00. The Labute approximate surface area is 105 Å². The summed E-state index contributed by atoms with van der Waals surface area (Å²) in [6.45, 7) is 9.27. The van der Waals surface area contributed by atoms with Crippen LogP contribution < -0.4 is 0 Å². The highest BCUT2D eigenvalue weighted by Crippen LogP contribution is 2.26. The normalized spacial score (nSPS) is 15.6. The van der Waals surface area contributed by atoms with Gasteiger partial charge in [-0.1, -0.05) is 82.1 Å². The van der Waals surface area contributed by atoms with Gasteiger partial charge in [-0.05, 0) is 18.3 Å². The van der Waals surface area contributed by atoms with Crippen molar-refractivity contribution >= 4 is 15.9 Å². The van der Waals surface area contributed by atoms with Crippen LogP contribution in [-0.4, -0.2) is 4.83 Å². The minimum atomic E-state index is 0.674. The Morgan fingerprint density at radius 1 is 0.867 bits per heavy atom. The number of hydrogen-bond acceptors (Lipinski definition) is 0. The highest BCUT2D eigenvalue weighted by Gasteiger charge is 2.17. The quantitative estimate of drug-likeness (QED) is 0.369. The van der Waals surface area contributed by atoms with Crippen molar-refractivity contribution in [1.82, 2.24) is 0 Å². The highest BCUT2D eigenvalue weighted by molar-refractivity contribution is 9.09. The van der Waals surface area contributed by atoms with Crippen LogP contribution in [-0.2, 0) is 0 Å². The van der Waals surface area contributed by atoms with Crippen molar-refractivity contribution in [2.45, 2.75) is 77.5 Å². The van der Waals surface area contributed by atoms with Crippen molar-refractivity contribution in [2.24, 2.45) is 11.8 Å². The van der Waals surface area contributed by atoms with Gasteiger partial charge in [0, 0.05) is 4.83 Å². The molecule has 0 aromatic rings. The van der Waals surface area contributed by atoms with Crippen LogP contribution in [0.4, 0.5) is 0 Å². The fraction of sp³-hybridized carbons (Fsp3) is 1.00. The molecular formula is C14H29Br. The van der Waals surface area contributed by atoms with Gasteiger partial charge in [-0.3, -0.25) is 0 Å². The van der Waals surface area contributed by atoms with Gasteiger partial charge in [0.25, 0.3) is 0 Å². The lowest BCUT2D eigenvalue weighted by Gasteiger charge is -2.23. The zero-order chi connectivity index (χ0) is 11.7. The summed E-state index contributed by atoms with van der Waals surface area (Å²) in [6, 6.07) is 0. The summed E-state index contributed by atoms with van der Waals surface area (Å²) in [7, 11) is 0. The van der Waals surface area contributed by atoms with Crippen molar-refractivity contribution in [3.8, 4) is 0 Å². The molecule has 15 heavy (non-hydrogen) atoms. The monoisotopic (exact) mass is 276 g/mol. The van der Waals surface area contributed by atoms with E-state index in [2.05, 4.69) is 43.6 Å². The lowest BCUT2D eigenvalue weighted by Crippen LogP contribution is -2.17. The van der Waals surface area contributed by atoms with Gasteiger partial charge in [-0.25, -0.2) is 0 Å². The second kappa shape index (κ2) is 9.69. The van der Waals surface area contributed by atoms with Gasteiger partial charge in [0.15, 0.2) is 0 Å². The largest absolute Gasteiger partial charge is 0.0891 e. The first-order valence-corrected chi connectivity index (χ1v) is 7.65. The third-order valence-corrected chi connectivity index (χ3v) is 4.02. The van der Waals surface area contributed by atoms with Crippen molar-refractivity contribution < 1.29 is 0 Å². The first-order valence-electron chi connectivity index (χ1n) is 6.73. The number of unbranched alkanes of at least 4 members (excludes halogenated alkanes) is 5. The molecule has 0 spiro atoms. The molecule has 0 bridgehead atoms. The van der Waals surface area contributed by atoms with Crippen LogP contribution in [0.3, 0.4) is 0 Å². The van der Waals surface area contributed by atoms with Crippen molar-refractivity contribution in [3.05, 3.63) is 0 Å². The Morgan fingerprint density at radius 3 is 1.87 bits per heavy atom. The van der Waals surface area contributed by atoms with Gasteiger partial charge < -0.3 is 0 Å². The molecule has 0 nitrogen and oxygen atoms in total. The van der Waals surface area contributed by atoms with Crippen LogP contribution in [0.25, 0.3) is 0 Å². The maximum Gasteiger partial charge on any atom is 0.0148 e. The predicted octanol–water partition coefficient (Wildman–Crippen LogP) is 5.79. The molecule has 0 heterocycles. The molecule has 0 fully saturated rings. The summed E-state index contributed by atoms with van der Waals surface area (Å²) in [5.41, 5.74) is 0. The molecule has 0 rings (SSSR count). The molecule has 0 aromatic carbocycles. The Balaban J connectivity index is 3.46. The van der Waals surface area contributed by atoms with Crippen molar-refractivity contribution in [2.75, 3.05) is 0 Å². The maximum atomic E-state index is 3.74. The van der Waals surface area contributed by atoms with Gasteiger partial charge in [0.2, 0.25) is 0 Å². The molecule has 0 N–H and O–H groups in total. The summed E-state index contributed by atoms with van der Waals surface area (Å²) in [5.74, 6) is 1.67. The van der Waals surface area contributed by atoms with Crippen molar-refractivity contribution in [1.29, 1.82) is 0 Å². The third-order valence-electron chi connectivity index (χ3n) is 3.34. The van der Waals surface area contributed by atoms with Gasteiger partial charge in [0.1, 0.15) is 0 Å². The molecule has 0 aromatic heterocycles. The van der Waals surface area contributed by atoms with E-state index in [9.17, 15) is 0 Å². The van der Waals surface area contributed by atoms with Gasteiger partial charge in [-0.2, -0.15) is 0 Å². The summed E-state index contributed by atoms with van der Waals surface area (Å²) in [4.78, 5) is 0.674. The summed E-state index contributed by atoms with van der Waals surface area (Å²) in [5, 5.41) is 0. The van der Waals surface area contributed by atoms with Crippen LogP contribution in [0.1, 0.15) is 72.6 Å². The second-order valence-electron chi connectivity index (χ2n) is 5.14. The lowest BCUT2D eigenvalue weighted by atomic mass is 9.88. The first kappa shape index (κ1) is 15.5. The molecule has 92 valence electrons. The number of halogens is 1. The molecular weight excluding hydrogens is 248 g/mol. The van der Waals surface area contributed by atoms with Crippen LogP contribution in [0.2, 0.25) is 0 Å². The second-order valence-corrected chi connectivity index (χ2v) is 6.59. The van der Waals surface area contributed by atoms with E-state index in [0.29, 0.717) is 4.83 Å². The smallest absolute Gasteiger partial charge is 0.0148 e. The van der Waals surface area contributed by atoms with E-state index in [1.54, 1.807) is 0 Å². The molecule has 0 aliphatic carbocycles. The Morgan fingerprint density at radius 2 is 1.40 bits per heavy atom. The van der Waals surface area contributed by atoms with Gasteiger partial charge in [0.05, 0.1) is 0 Å². The topological polar surface area (TPSA) is 0 Å². The van der Waals surface area contributed by atoms with E-state index < -0.39 is 0 Å². The standard InChI is InChI=1S/C14H29Br/c1-5-6-7-8-9-10-11-14(12(2)3)13(4)15/h12-14H,5-11H2,1-4H3. The molecule has 0 aliphatic heterocycles. The number of hydrogen-bond donors (Lipinski definition) is 0. The summed E-state index contributed by atoms with van der Waals surface area (Å²) in [6.07, 6.45) is 9.90. The Bertz CT molecular complexity index is 121. The average Bonchev–Trinajstić information content (AvgIpc) is 2.15. The number of rotatable bonds is 9. The van der Waals surface area contributed by atoms with E-state index in [0.717, 1.165) is 11.8 Å². The highest BCUT2D eigenvalue weighted by atomic mass is 79.9. The molecule has 0 aliphatic rings. The average molecular weight is 277 g/mol. The molecule has 1 heteroatoms. The van der Waals surface area contributed by atoms with E-state index in [1.807, 2.05) is 0 Å². The van der Waals surface area contributed by atoms with Crippen LogP contribution in [0.5, 0.6) is 0 Å². The molecule has 0 amide bonds. The number of alkyl halides is 1. The summed E-state index contributed by atoms with van der Waals surface area (Å²) < 4.78 is 0. The fourth-order valence-electron chi connectivity index (χ4n) is 2.25. The molecule has 2 unspecified atom stereocenters. The third kappa shape index (κ3) is 8.30.